The lowest BCUT2D eigenvalue weighted by atomic mass is 9.72. The van der Waals surface area contributed by atoms with Crippen LogP contribution in [0.25, 0.3) is 0 Å². The molecule has 0 spiro atoms. The van der Waals surface area contributed by atoms with Crippen molar-refractivity contribution in [2.24, 2.45) is 5.41 Å². The summed E-state index contributed by atoms with van der Waals surface area (Å²) >= 11 is 0. The third-order valence-electron chi connectivity index (χ3n) is 6.42. The van der Waals surface area contributed by atoms with Gasteiger partial charge in [-0.2, -0.15) is 0 Å². The van der Waals surface area contributed by atoms with Crippen LogP contribution in [0.2, 0.25) is 0 Å². The molecule has 0 heterocycles. The molecule has 0 saturated carbocycles. The molecule has 0 bridgehead atoms. The highest BCUT2D eigenvalue weighted by molar-refractivity contribution is 6.33. The van der Waals surface area contributed by atoms with Crippen molar-refractivity contribution >= 4 is 29.3 Å². The first kappa shape index (κ1) is 31.0. The number of hydrogen-bond acceptors (Lipinski definition) is 5. The lowest BCUT2D eigenvalue weighted by molar-refractivity contribution is -0.153. The number of carbonyl (C=O) groups excluding carboxylic acids is 2. The predicted molar refractivity (Wildman–Crippen MR) is 151 cm³/mol. The van der Waals surface area contributed by atoms with E-state index in [1.165, 1.54) is 54.3 Å². The fourth-order valence-electron chi connectivity index (χ4n) is 4.28. The number of carboxylic acid groups (broad SMARTS) is 2. The Balaban J connectivity index is 1.94. The van der Waals surface area contributed by atoms with Gasteiger partial charge in [0.15, 0.2) is 0 Å². The summed E-state index contributed by atoms with van der Waals surface area (Å²) in [6.07, 6.45) is 12.7. The molecule has 39 heavy (non-hydrogen) atoms. The van der Waals surface area contributed by atoms with Crippen LogP contribution in [0.15, 0.2) is 83.0 Å². The van der Waals surface area contributed by atoms with Crippen LogP contribution in [-0.4, -0.2) is 39.9 Å². The predicted octanol–water partition coefficient (Wildman–Crippen LogP) is 6.03. The minimum absolute atomic E-state index is 0.114. The molecule has 1 atom stereocenters. The van der Waals surface area contributed by atoms with Crippen molar-refractivity contribution in [1.82, 2.24) is 0 Å². The molecule has 1 amide bonds. The van der Waals surface area contributed by atoms with Gasteiger partial charge in [0.1, 0.15) is 5.75 Å². The molecule has 0 radical (unpaired) electrons. The van der Waals surface area contributed by atoms with Crippen molar-refractivity contribution in [3.05, 3.63) is 83.0 Å². The van der Waals surface area contributed by atoms with Crippen molar-refractivity contribution in [3.8, 4) is 5.75 Å². The van der Waals surface area contributed by atoms with Gasteiger partial charge in [-0.25, -0.2) is 9.59 Å². The molecule has 1 aliphatic carbocycles. The summed E-state index contributed by atoms with van der Waals surface area (Å²) in [4.78, 5) is 45.6. The van der Waals surface area contributed by atoms with E-state index >= 15 is 0 Å². The Labute approximate surface area is 229 Å². The van der Waals surface area contributed by atoms with Gasteiger partial charge in [-0.1, -0.05) is 55.4 Å². The Bertz CT molecular complexity index is 1240. The molecule has 1 aromatic rings. The zero-order chi connectivity index (χ0) is 29.2. The van der Waals surface area contributed by atoms with Gasteiger partial charge in [0.2, 0.25) is 17.8 Å². The molecular formula is C31H37NO7. The van der Waals surface area contributed by atoms with Crippen LogP contribution in [0.4, 0.5) is 5.69 Å². The normalized spacial score (nSPS) is 16.8. The van der Waals surface area contributed by atoms with Gasteiger partial charge in [-0.05, 0) is 80.9 Å². The van der Waals surface area contributed by atoms with E-state index in [0.29, 0.717) is 5.69 Å². The number of carbonyl (C=O) groups is 4. The number of amides is 1. The van der Waals surface area contributed by atoms with E-state index in [9.17, 15) is 24.3 Å². The Morgan fingerprint density at radius 1 is 1.05 bits per heavy atom. The fraction of sp³-hybridized carbons (Fsp3) is 0.355. The number of nitrogens with one attached hydrogen (secondary N) is 1. The molecule has 0 saturated heterocycles. The molecule has 8 heteroatoms. The van der Waals surface area contributed by atoms with Gasteiger partial charge in [-0.3, -0.25) is 9.59 Å². The number of rotatable bonds is 12. The standard InChI is InChI=1S/C31H37NO7/c1-20(11-16-25-22(3)10-7-17-31(25,4)5)8-6-9-21(2)18-28(34)32-23-12-14-24(15-13-23)39-27(30(37)38)19-26(33)29(35)36/h6,8-9,11-16,18,27H,7,10,17,19H2,1-5H3,(H,32,34)(H,35,36)(H,37,38). The highest BCUT2D eigenvalue weighted by atomic mass is 16.5. The van der Waals surface area contributed by atoms with E-state index in [1.807, 2.05) is 32.1 Å². The Morgan fingerprint density at radius 3 is 2.31 bits per heavy atom. The lowest BCUT2D eigenvalue weighted by Gasteiger charge is -2.32. The third kappa shape index (κ3) is 10.2. The number of ether oxygens (including phenoxy) is 1. The zero-order valence-electron chi connectivity index (χ0n) is 23.1. The van der Waals surface area contributed by atoms with Crippen LogP contribution in [0.5, 0.6) is 5.75 Å². The van der Waals surface area contributed by atoms with E-state index in [4.69, 9.17) is 9.84 Å². The second kappa shape index (κ2) is 14.1. The second-order valence-corrected chi connectivity index (χ2v) is 10.3. The Kier molecular flexibility index (Phi) is 11.2. The molecule has 8 nitrogen and oxygen atoms in total. The van der Waals surface area contributed by atoms with Crippen LogP contribution >= 0.6 is 0 Å². The quantitative estimate of drug-likeness (QED) is 0.169. The lowest BCUT2D eigenvalue weighted by Crippen LogP contribution is -2.32. The highest BCUT2D eigenvalue weighted by Crippen LogP contribution is 2.40. The topological polar surface area (TPSA) is 130 Å². The van der Waals surface area contributed by atoms with Crippen LogP contribution in [0.1, 0.15) is 60.3 Å². The first-order valence-corrected chi connectivity index (χ1v) is 12.8. The molecule has 0 fully saturated rings. The van der Waals surface area contributed by atoms with Crippen LogP contribution in [0.3, 0.4) is 0 Å². The minimum atomic E-state index is -1.73. The summed E-state index contributed by atoms with van der Waals surface area (Å²) in [7, 11) is 0. The van der Waals surface area contributed by atoms with E-state index in [2.05, 4.69) is 38.2 Å². The maximum absolute atomic E-state index is 12.4. The summed E-state index contributed by atoms with van der Waals surface area (Å²) in [6.45, 7) is 10.6. The maximum atomic E-state index is 12.4. The molecule has 0 aromatic heterocycles. The van der Waals surface area contributed by atoms with E-state index < -0.39 is 30.2 Å². The zero-order valence-corrected chi connectivity index (χ0v) is 23.1. The molecular weight excluding hydrogens is 498 g/mol. The van der Waals surface area contributed by atoms with Crippen LogP contribution in [-0.2, 0) is 19.2 Å². The van der Waals surface area contributed by atoms with E-state index in [0.717, 1.165) is 17.6 Å². The second-order valence-electron chi connectivity index (χ2n) is 10.3. The Hall–Kier alpha value is -4.20. The largest absolute Gasteiger partial charge is 0.478 e. The van der Waals surface area contributed by atoms with Gasteiger partial charge in [-0.15, -0.1) is 0 Å². The highest BCUT2D eigenvalue weighted by Gasteiger charge is 2.27. The monoisotopic (exact) mass is 535 g/mol. The molecule has 3 N–H and O–H groups in total. The number of hydrogen-bond donors (Lipinski definition) is 3. The number of allylic oxidation sites excluding steroid dienone is 9. The number of ketones is 1. The average molecular weight is 536 g/mol. The molecule has 1 unspecified atom stereocenters. The van der Waals surface area contributed by atoms with Crippen molar-refractivity contribution < 1.29 is 34.1 Å². The van der Waals surface area contributed by atoms with Gasteiger partial charge in [0.05, 0.1) is 6.42 Å². The van der Waals surface area contributed by atoms with Gasteiger partial charge in [0, 0.05) is 11.8 Å². The fourth-order valence-corrected chi connectivity index (χ4v) is 4.28. The first-order valence-electron chi connectivity index (χ1n) is 12.8. The first-order chi connectivity index (χ1) is 18.3. The molecule has 0 aliphatic heterocycles. The number of anilines is 1. The maximum Gasteiger partial charge on any atom is 0.372 e. The molecule has 1 aromatic carbocycles. The average Bonchev–Trinajstić information content (AvgIpc) is 2.83. The van der Waals surface area contributed by atoms with Gasteiger partial charge in [0.25, 0.3) is 0 Å². The van der Waals surface area contributed by atoms with Crippen LogP contribution in [0, 0.1) is 5.41 Å². The molecule has 2 rings (SSSR count). The van der Waals surface area contributed by atoms with Crippen molar-refractivity contribution in [3.63, 3.8) is 0 Å². The third-order valence-corrected chi connectivity index (χ3v) is 6.42. The van der Waals surface area contributed by atoms with Gasteiger partial charge < -0.3 is 20.3 Å². The van der Waals surface area contributed by atoms with E-state index in [-0.39, 0.29) is 17.1 Å². The van der Waals surface area contributed by atoms with Crippen molar-refractivity contribution in [2.75, 3.05) is 5.32 Å². The Morgan fingerprint density at radius 2 is 1.72 bits per heavy atom. The van der Waals surface area contributed by atoms with E-state index in [1.54, 1.807) is 0 Å². The minimum Gasteiger partial charge on any atom is -0.478 e. The van der Waals surface area contributed by atoms with Crippen molar-refractivity contribution in [2.45, 2.75) is 66.4 Å². The number of aliphatic carboxylic acids is 2. The van der Waals surface area contributed by atoms with Crippen LogP contribution < -0.4 is 10.1 Å². The number of benzene rings is 1. The summed E-state index contributed by atoms with van der Waals surface area (Å²) in [5.74, 6) is -4.68. The number of carboxylic acids is 2. The molecule has 1 aliphatic rings. The summed E-state index contributed by atoms with van der Waals surface area (Å²) in [5.41, 5.74) is 5.36. The summed E-state index contributed by atoms with van der Waals surface area (Å²) < 4.78 is 5.22. The van der Waals surface area contributed by atoms with Crippen molar-refractivity contribution in [1.29, 1.82) is 0 Å². The van der Waals surface area contributed by atoms with Gasteiger partial charge >= 0.3 is 11.9 Å². The summed E-state index contributed by atoms with van der Waals surface area (Å²) in [6, 6.07) is 5.85. The smallest absolute Gasteiger partial charge is 0.372 e. The molecule has 208 valence electrons. The summed E-state index contributed by atoms with van der Waals surface area (Å²) in [5, 5.41) is 20.6. The SMILES string of the molecule is CC(C=CC1=C(C)CCCC1(C)C)=CC=CC(C)=CC(=O)Nc1ccc(OC(CC(=O)C(=O)O)C(=O)O)cc1. The number of Topliss-reactive ketones (excluding diaryl/α,β-unsaturated/α-hetero) is 1.